The molecule has 6 heteroatoms. The van der Waals surface area contributed by atoms with Gasteiger partial charge in [-0.15, -0.1) is 0 Å². The minimum absolute atomic E-state index is 0.0560. The van der Waals surface area contributed by atoms with Gasteiger partial charge in [-0.3, -0.25) is 4.79 Å². The van der Waals surface area contributed by atoms with E-state index in [0.29, 0.717) is 5.16 Å². The number of aromatic nitrogens is 2. The molecule has 5 nitrogen and oxygen atoms in total. The van der Waals surface area contributed by atoms with Gasteiger partial charge in [-0.2, -0.15) is 0 Å². The van der Waals surface area contributed by atoms with E-state index in [-0.39, 0.29) is 18.3 Å². The number of aryl methyl sites for hydroxylation is 1. The van der Waals surface area contributed by atoms with E-state index in [2.05, 4.69) is 10.3 Å². The number of nitrogens with one attached hydrogen (secondary N) is 1. The number of aliphatic hydroxyl groups excluding tert-OH is 1. The first-order valence-electron chi connectivity index (χ1n) is 6.21. The van der Waals surface area contributed by atoms with E-state index < -0.39 is 0 Å². The first-order valence-corrected chi connectivity index (χ1v) is 7.19. The minimum Gasteiger partial charge on any atom is -0.390 e. The summed E-state index contributed by atoms with van der Waals surface area (Å²) in [5, 5.41) is 12.6. The predicted molar refractivity (Wildman–Crippen MR) is 79.7 cm³/mol. The Morgan fingerprint density at radius 2 is 2.30 bits per heavy atom. The van der Waals surface area contributed by atoms with Gasteiger partial charge in [0.25, 0.3) is 0 Å². The Hall–Kier alpha value is -1.79. The molecule has 0 unspecified atom stereocenters. The zero-order chi connectivity index (χ0) is 14.5. The summed E-state index contributed by atoms with van der Waals surface area (Å²) in [5.74, 6) is 0.207. The first-order chi connectivity index (χ1) is 9.60. The summed E-state index contributed by atoms with van der Waals surface area (Å²) in [6.45, 7) is 1.92. The summed E-state index contributed by atoms with van der Waals surface area (Å²) >= 11 is 1.34. The fraction of sp³-hybridized carbons (Fsp3) is 0.286. The second-order valence-corrected chi connectivity index (χ2v) is 5.40. The molecule has 1 amide bonds. The average molecular weight is 291 g/mol. The normalized spacial score (nSPS) is 10.6. The molecule has 1 aromatic heterocycles. The number of benzene rings is 1. The Labute approximate surface area is 122 Å². The fourth-order valence-corrected chi connectivity index (χ4v) is 2.53. The lowest BCUT2D eigenvalue weighted by atomic mass is 10.2. The Bertz CT molecular complexity index is 610. The van der Waals surface area contributed by atoms with E-state index >= 15 is 0 Å². The lowest BCUT2D eigenvalue weighted by Gasteiger charge is -2.06. The molecular formula is C14H17N3O2S. The Balaban J connectivity index is 1.90. The summed E-state index contributed by atoms with van der Waals surface area (Å²) in [7, 11) is 1.82. The van der Waals surface area contributed by atoms with E-state index in [4.69, 9.17) is 5.11 Å². The van der Waals surface area contributed by atoms with E-state index in [0.717, 1.165) is 16.9 Å². The number of anilines is 1. The van der Waals surface area contributed by atoms with E-state index in [1.54, 1.807) is 10.8 Å². The topological polar surface area (TPSA) is 67.2 Å². The maximum atomic E-state index is 11.9. The van der Waals surface area contributed by atoms with Gasteiger partial charge in [-0.1, -0.05) is 23.9 Å². The molecule has 2 N–H and O–H groups in total. The molecule has 20 heavy (non-hydrogen) atoms. The largest absolute Gasteiger partial charge is 0.390 e. The number of amides is 1. The van der Waals surface area contributed by atoms with Crippen LogP contribution in [0.3, 0.4) is 0 Å². The predicted octanol–water partition coefficient (Wildman–Crippen LogP) is 1.95. The van der Waals surface area contributed by atoms with Crippen molar-refractivity contribution in [1.29, 1.82) is 0 Å². The number of thioether (sulfide) groups is 1. The van der Waals surface area contributed by atoms with Gasteiger partial charge >= 0.3 is 0 Å². The summed E-state index contributed by atoms with van der Waals surface area (Å²) in [6.07, 6.45) is 1.61. The second kappa shape index (κ2) is 6.58. The van der Waals surface area contributed by atoms with Crippen molar-refractivity contribution >= 4 is 23.4 Å². The van der Waals surface area contributed by atoms with Crippen LogP contribution in [0.25, 0.3) is 0 Å². The standard InChI is InChI=1S/C14H17N3O2S/c1-10-4-3-5-11(6-10)16-13(19)9-20-14-15-7-12(8-18)17(14)2/h3-7,18H,8-9H2,1-2H3,(H,16,19). The molecule has 1 aromatic carbocycles. The fourth-order valence-electron chi connectivity index (χ4n) is 1.76. The molecule has 0 saturated heterocycles. The van der Waals surface area contributed by atoms with Gasteiger partial charge in [-0.25, -0.2) is 4.98 Å². The Kier molecular flexibility index (Phi) is 4.81. The van der Waals surface area contributed by atoms with Crippen LogP contribution in [0, 0.1) is 6.92 Å². The number of carbonyl (C=O) groups excluding carboxylic acids is 1. The number of aliphatic hydroxyl groups is 1. The zero-order valence-corrected chi connectivity index (χ0v) is 12.3. The summed E-state index contributed by atoms with van der Waals surface area (Å²) in [5.41, 5.74) is 2.63. The number of hydrogen-bond donors (Lipinski definition) is 2. The molecule has 0 aliphatic heterocycles. The maximum Gasteiger partial charge on any atom is 0.234 e. The quantitative estimate of drug-likeness (QED) is 0.826. The van der Waals surface area contributed by atoms with Crippen LogP contribution in [0.5, 0.6) is 0 Å². The van der Waals surface area contributed by atoms with Crippen LogP contribution in [-0.4, -0.2) is 26.3 Å². The number of rotatable bonds is 5. The first kappa shape index (κ1) is 14.6. The lowest BCUT2D eigenvalue weighted by molar-refractivity contribution is -0.113. The number of carbonyl (C=O) groups is 1. The van der Waals surface area contributed by atoms with Crippen molar-refractivity contribution in [1.82, 2.24) is 9.55 Å². The van der Waals surface area contributed by atoms with Crippen molar-refractivity contribution in [3.05, 3.63) is 41.7 Å². The van der Waals surface area contributed by atoms with Crippen molar-refractivity contribution in [3.8, 4) is 0 Å². The molecule has 0 atom stereocenters. The van der Waals surface area contributed by atoms with Gasteiger partial charge in [0, 0.05) is 12.7 Å². The highest BCUT2D eigenvalue weighted by molar-refractivity contribution is 7.99. The molecule has 0 fully saturated rings. The smallest absolute Gasteiger partial charge is 0.234 e. The van der Waals surface area contributed by atoms with Crippen LogP contribution in [0.4, 0.5) is 5.69 Å². The number of hydrogen-bond acceptors (Lipinski definition) is 4. The third-order valence-electron chi connectivity index (χ3n) is 2.84. The lowest BCUT2D eigenvalue weighted by Crippen LogP contribution is -2.14. The van der Waals surface area contributed by atoms with Crippen LogP contribution in [0.15, 0.2) is 35.6 Å². The molecule has 106 valence electrons. The Morgan fingerprint density at radius 1 is 1.50 bits per heavy atom. The number of imidazole rings is 1. The van der Waals surface area contributed by atoms with Crippen molar-refractivity contribution in [2.75, 3.05) is 11.1 Å². The van der Waals surface area contributed by atoms with Crippen LogP contribution >= 0.6 is 11.8 Å². The van der Waals surface area contributed by atoms with Crippen LogP contribution in [-0.2, 0) is 18.4 Å². The monoisotopic (exact) mass is 291 g/mol. The van der Waals surface area contributed by atoms with Crippen LogP contribution < -0.4 is 5.32 Å². The van der Waals surface area contributed by atoms with Gasteiger partial charge in [-0.05, 0) is 24.6 Å². The van der Waals surface area contributed by atoms with E-state index in [9.17, 15) is 4.79 Å². The molecule has 0 spiro atoms. The highest BCUT2D eigenvalue weighted by Crippen LogP contribution is 2.18. The summed E-state index contributed by atoms with van der Waals surface area (Å²) < 4.78 is 1.78. The molecule has 2 rings (SSSR count). The highest BCUT2D eigenvalue weighted by Gasteiger charge is 2.09. The van der Waals surface area contributed by atoms with Crippen molar-refractivity contribution in [2.24, 2.45) is 7.05 Å². The maximum absolute atomic E-state index is 11.9. The summed E-state index contributed by atoms with van der Waals surface area (Å²) in [6, 6.07) is 7.67. The number of nitrogens with zero attached hydrogens (tertiary/aromatic N) is 2. The van der Waals surface area contributed by atoms with Crippen molar-refractivity contribution in [2.45, 2.75) is 18.7 Å². The molecule has 0 bridgehead atoms. The molecular weight excluding hydrogens is 274 g/mol. The van der Waals surface area contributed by atoms with Crippen LogP contribution in [0.2, 0.25) is 0 Å². The SMILES string of the molecule is Cc1cccc(NC(=O)CSc2ncc(CO)n2C)c1. The third kappa shape index (κ3) is 3.61. The molecule has 0 radical (unpaired) electrons. The van der Waals surface area contributed by atoms with Gasteiger partial charge in [0.15, 0.2) is 5.16 Å². The van der Waals surface area contributed by atoms with Gasteiger partial charge in [0.1, 0.15) is 0 Å². The van der Waals surface area contributed by atoms with Gasteiger partial charge in [0.2, 0.25) is 5.91 Å². The molecule has 0 aliphatic rings. The molecule has 0 aliphatic carbocycles. The minimum atomic E-state index is -0.0749. The molecule has 2 aromatic rings. The Morgan fingerprint density at radius 3 is 2.95 bits per heavy atom. The average Bonchev–Trinajstić information content (AvgIpc) is 2.77. The van der Waals surface area contributed by atoms with Gasteiger partial charge in [0.05, 0.1) is 24.3 Å². The second-order valence-electron chi connectivity index (χ2n) is 4.46. The highest BCUT2D eigenvalue weighted by atomic mass is 32.2. The van der Waals surface area contributed by atoms with E-state index in [1.165, 1.54) is 11.8 Å². The summed E-state index contributed by atoms with van der Waals surface area (Å²) in [4.78, 5) is 16.0. The molecule has 0 saturated carbocycles. The van der Waals surface area contributed by atoms with E-state index in [1.807, 2.05) is 38.2 Å². The third-order valence-corrected chi connectivity index (χ3v) is 3.88. The molecule has 1 heterocycles. The zero-order valence-electron chi connectivity index (χ0n) is 11.5. The van der Waals surface area contributed by atoms with Crippen molar-refractivity contribution in [3.63, 3.8) is 0 Å². The van der Waals surface area contributed by atoms with Gasteiger partial charge < -0.3 is 15.0 Å². The van der Waals surface area contributed by atoms with Crippen LogP contribution in [0.1, 0.15) is 11.3 Å². The van der Waals surface area contributed by atoms with Crippen molar-refractivity contribution < 1.29 is 9.90 Å².